The zero-order valence-electron chi connectivity index (χ0n) is 17.3. The summed E-state index contributed by atoms with van der Waals surface area (Å²) >= 11 is 0. The number of nitrogens with one attached hydrogen (secondary N) is 1. The van der Waals surface area contributed by atoms with Gasteiger partial charge in [-0.25, -0.2) is 4.39 Å². The van der Waals surface area contributed by atoms with E-state index in [9.17, 15) is 9.18 Å². The third-order valence-corrected chi connectivity index (χ3v) is 5.11. The van der Waals surface area contributed by atoms with Crippen molar-refractivity contribution in [1.29, 1.82) is 0 Å². The quantitative estimate of drug-likeness (QED) is 0.746. The van der Waals surface area contributed by atoms with E-state index in [2.05, 4.69) is 36.2 Å². The van der Waals surface area contributed by atoms with Gasteiger partial charge in [0.1, 0.15) is 5.82 Å². The van der Waals surface area contributed by atoms with E-state index >= 15 is 0 Å². The molecule has 1 aliphatic rings. The lowest BCUT2D eigenvalue weighted by molar-refractivity contribution is -0.116. The Labute approximate surface area is 172 Å². The molecular formula is C24H29FN2O2. The van der Waals surface area contributed by atoms with E-state index < -0.39 is 0 Å². The van der Waals surface area contributed by atoms with Crippen LogP contribution in [0.15, 0.2) is 54.6 Å². The summed E-state index contributed by atoms with van der Waals surface area (Å²) in [5, 5.41) is 2.97. The molecule has 1 heterocycles. The summed E-state index contributed by atoms with van der Waals surface area (Å²) in [5.74, 6) is -0.443. The first-order valence-corrected chi connectivity index (χ1v) is 10.1. The van der Waals surface area contributed by atoms with Gasteiger partial charge in [0, 0.05) is 32.3 Å². The van der Waals surface area contributed by atoms with Crippen LogP contribution < -0.4 is 5.32 Å². The van der Waals surface area contributed by atoms with Crippen molar-refractivity contribution in [2.75, 3.05) is 13.1 Å². The van der Waals surface area contributed by atoms with Crippen LogP contribution in [0.4, 0.5) is 4.39 Å². The van der Waals surface area contributed by atoms with Crippen LogP contribution in [0, 0.1) is 5.82 Å². The van der Waals surface area contributed by atoms with Crippen LogP contribution in [-0.2, 0) is 22.6 Å². The second-order valence-corrected chi connectivity index (χ2v) is 7.77. The number of benzene rings is 2. The molecule has 0 bridgehead atoms. The number of hydrogen-bond acceptors (Lipinski definition) is 3. The minimum Gasteiger partial charge on any atom is -0.373 e. The Hall–Kier alpha value is -2.50. The number of morpholine rings is 1. The molecule has 1 amide bonds. The van der Waals surface area contributed by atoms with Gasteiger partial charge in [-0.05, 0) is 55.2 Å². The highest BCUT2D eigenvalue weighted by Gasteiger charge is 2.22. The lowest BCUT2D eigenvalue weighted by Gasteiger charge is -2.35. The summed E-state index contributed by atoms with van der Waals surface area (Å²) in [5.41, 5.74) is 3.96. The molecule has 1 fully saturated rings. The van der Waals surface area contributed by atoms with Gasteiger partial charge in [-0.3, -0.25) is 9.69 Å². The summed E-state index contributed by atoms with van der Waals surface area (Å²) in [6.45, 7) is 9.18. The monoisotopic (exact) mass is 396 g/mol. The molecule has 1 N–H and O–H groups in total. The van der Waals surface area contributed by atoms with Crippen LogP contribution in [0.25, 0.3) is 5.57 Å². The number of halogens is 1. The lowest BCUT2D eigenvalue weighted by Crippen LogP contribution is -2.45. The molecule has 5 heteroatoms. The number of carbonyl (C=O) groups excluding carboxylic acids is 1. The molecule has 0 spiro atoms. The standard InChI is InChI=1S/C24H29FN2O2/c1-17(20-8-10-23(25)11-9-20)12-24(28)26-13-21-6-4-5-7-22(21)16-27-14-18(2)29-19(3)15-27/h4-12,18-19H,13-16H2,1-3H3,(H,26,28)/b17-12-. The zero-order chi connectivity index (χ0) is 20.8. The van der Waals surface area contributed by atoms with E-state index in [4.69, 9.17) is 4.74 Å². The first kappa shape index (κ1) is 21.2. The maximum Gasteiger partial charge on any atom is 0.244 e. The number of carbonyl (C=O) groups is 1. The fraction of sp³-hybridized carbons (Fsp3) is 0.375. The number of hydrogen-bond donors (Lipinski definition) is 1. The second-order valence-electron chi connectivity index (χ2n) is 7.77. The molecule has 0 aromatic heterocycles. The van der Waals surface area contributed by atoms with Gasteiger partial charge in [0.15, 0.2) is 0 Å². The molecule has 2 unspecified atom stereocenters. The number of allylic oxidation sites excluding steroid dienone is 1. The highest BCUT2D eigenvalue weighted by Crippen LogP contribution is 2.17. The number of nitrogens with zero attached hydrogens (tertiary/aromatic N) is 1. The molecule has 0 aliphatic carbocycles. The van der Waals surface area contributed by atoms with Gasteiger partial charge >= 0.3 is 0 Å². The van der Waals surface area contributed by atoms with Crippen molar-refractivity contribution >= 4 is 11.5 Å². The number of ether oxygens (including phenoxy) is 1. The lowest BCUT2D eigenvalue weighted by atomic mass is 10.1. The normalized spacial score (nSPS) is 20.5. The predicted molar refractivity (Wildman–Crippen MR) is 114 cm³/mol. The summed E-state index contributed by atoms with van der Waals surface area (Å²) in [6, 6.07) is 14.3. The van der Waals surface area contributed by atoms with E-state index in [1.54, 1.807) is 18.2 Å². The van der Waals surface area contributed by atoms with Gasteiger partial charge in [0.05, 0.1) is 12.2 Å². The number of amides is 1. The molecule has 3 rings (SSSR count). The Morgan fingerprint density at radius 2 is 1.72 bits per heavy atom. The molecular weight excluding hydrogens is 367 g/mol. The number of rotatable bonds is 6. The fourth-order valence-corrected chi connectivity index (χ4v) is 3.76. The van der Waals surface area contributed by atoms with Gasteiger partial charge in [-0.2, -0.15) is 0 Å². The van der Waals surface area contributed by atoms with Crippen molar-refractivity contribution in [1.82, 2.24) is 10.2 Å². The van der Waals surface area contributed by atoms with Crippen molar-refractivity contribution in [2.24, 2.45) is 0 Å². The molecule has 29 heavy (non-hydrogen) atoms. The average Bonchev–Trinajstić information content (AvgIpc) is 2.67. The molecule has 2 aromatic rings. The van der Waals surface area contributed by atoms with Gasteiger partial charge in [0.25, 0.3) is 0 Å². The van der Waals surface area contributed by atoms with E-state index in [1.807, 2.05) is 19.1 Å². The van der Waals surface area contributed by atoms with E-state index in [0.29, 0.717) is 6.54 Å². The van der Waals surface area contributed by atoms with Crippen molar-refractivity contribution in [3.05, 3.63) is 77.1 Å². The van der Waals surface area contributed by atoms with Crippen molar-refractivity contribution in [3.8, 4) is 0 Å². The van der Waals surface area contributed by atoms with Crippen LogP contribution in [-0.4, -0.2) is 36.1 Å². The minimum absolute atomic E-state index is 0.157. The molecule has 2 aromatic carbocycles. The topological polar surface area (TPSA) is 41.6 Å². The van der Waals surface area contributed by atoms with Crippen molar-refractivity contribution < 1.29 is 13.9 Å². The molecule has 0 radical (unpaired) electrons. The Morgan fingerprint density at radius 3 is 2.38 bits per heavy atom. The summed E-state index contributed by atoms with van der Waals surface area (Å²) in [6.07, 6.45) is 2.01. The molecule has 154 valence electrons. The third kappa shape index (κ3) is 6.24. The Morgan fingerprint density at radius 1 is 1.10 bits per heavy atom. The smallest absolute Gasteiger partial charge is 0.244 e. The van der Waals surface area contributed by atoms with E-state index in [1.165, 1.54) is 17.7 Å². The first-order valence-electron chi connectivity index (χ1n) is 10.1. The maximum absolute atomic E-state index is 13.1. The zero-order valence-corrected chi connectivity index (χ0v) is 17.3. The maximum atomic E-state index is 13.1. The molecule has 0 saturated carbocycles. The van der Waals surface area contributed by atoms with Crippen molar-refractivity contribution in [3.63, 3.8) is 0 Å². The second kappa shape index (κ2) is 9.81. The molecule has 4 nitrogen and oxygen atoms in total. The average molecular weight is 397 g/mol. The van der Waals surface area contributed by atoms with Crippen molar-refractivity contribution in [2.45, 2.75) is 46.1 Å². The highest BCUT2D eigenvalue weighted by atomic mass is 19.1. The van der Waals surface area contributed by atoms with E-state index in [0.717, 1.165) is 36.3 Å². The van der Waals surface area contributed by atoms with Gasteiger partial charge < -0.3 is 10.1 Å². The Balaban J connectivity index is 1.61. The predicted octanol–water partition coefficient (Wildman–Crippen LogP) is 4.15. The van der Waals surface area contributed by atoms with Crippen LogP contribution >= 0.6 is 0 Å². The molecule has 1 aliphatic heterocycles. The van der Waals surface area contributed by atoms with Gasteiger partial charge in [-0.1, -0.05) is 36.4 Å². The summed E-state index contributed by atoms with van der Waals surface area (Å²) in [7, 11) is 0. The van der Waals surface area contributed by atoms with Crippen LogP contribution in [0.1, 0.15) is 37.5 Å². The fourth-order valence-electron chi connectivity index (χ4n) is 3.76. The SMILES string of the molecule is C/C(=C/C(=O)NCc1ccccc1CN1CC(C)OC(C)C1)c1ccc(F)cc1. The summed E-state index contributed by atoms with van der Waals surface area (Å²) < 4.78 is 18.9. The van der Waals surface area contributed by atoms with Crippen LogP contribution in [0.5, 0.6) is 0 Å². The minimum atomic E-state index is -0.285. The Bertz CT molecular complexity index is 853. The largest absolute Gasteiger partial charge is 0.373 e. The van der Waals surface area contributed by atoms with Crippen LogP contribution in [0.3, 0.4) is 0 Å². The van der Waals surface area contributed by atoms with Gasteiger partial charge in [-0.15, -0.1) is 0 Å². The first-order chi connectivity index (χ1) is 13.9. The highest BCUT2D eigenvalue weighted by molar-refractivity contribution is 5.94. The summed E-state index contributed by atoms with van der Waals surface area (Å²) in [4.78, 5) is 14.8. The molecule has 2 atom stereocenters. The van der Waals surface area contributed by atoms with Crippen LogP contribution in [0.2, 0.25) is 0 Å². The van der Waals surface area contributed by atoms with Gasteiger partial charge in [0.2, 0.25) is 5.91 Å². The molecule has 1 saturated heterocycles. The Kier molecular flexibility index (Phi) is 7.18. The third-order valence-electron chi connectivity index (χ3n) is 5.11. The van der Waals surface area contributed by atoms with E-state index in [-0.39, 0.29) is 23.9 Å².